The molecule has 5 nitrogen and oxygen atoms in total. The third-order valence-corrected chi connectivity index (χ3v) is 2.67. The van der Waals surface area contributed by atoms with E-state index in [9.17, 15) is 4.79 Å². The smallest absolute Gasteiger partial charge is 0.354 e. The molecule has 0 spiro atoms. The molecule has 2 rings (SSSR count). The summed E-state index contributed by atoms with van der Waals surface area (Å²) in [5.74, 6) is -0.483. The van der Waals surface area contributed by atoms with E-state index in [2.05, 4.69) is 16.9 Å². The van der Waals surface area contributed by atoms with E-state index in [-0.39, 0.29) is 17.8 Å². The first kappa shape index (κ1) is 11.6. The van der Waals surface area contributed by atoms with Crippen LogP contribution < -0.4 is 5.32 Å². The van der Waals surface area contributed by atoms with E-state index in [0.717, 1.165) is 6.42 Å². The number of aromatic nitrogens is 1. The fraction of sp³-hybridized carbons (Fsp3) is 0.333. The van der Waals surface area contributed by atoms with Crippen molar-refractivity contribution in [1.29, 1.82) is 0 Å². The van der Waals surface area contributed by atoms with Crippen LogP contribution in [-0.4, -0.2) is 34.8 Å². The van der Waals surface area contributed by atoms with Crippen molar-refractivity contribution in [3.63, 3.8) is 0 Å². The molecule has 2 atom stereocenters. The Hall–Kier alpha value is -1.88. The minimum Gasteiger partial charge on any atom is -0.477 e. The molecular weight excluding hydrogens is 220 g/mol. The lowest BCUT2D eigenvalue weighted by molar-refractivity contribution is 0.0690. The molecule has 1 saturated heterocycles. The standard InChI is InChI=1S/C12H14N2O3/c1-2-10-8(6-7-17-10)13-11-5-3-4-9(14-11)12(15)16/h2-5,8,10H,1,6-7H2,(H,13,14)(H,15,16)/t8-,10+/m1/s1. The van der Waals surface area contributed by atoms with E-state index >= 15 is 0 Å². The zero-order valence-electron chi connectivity index (χ0n) is 9.30. The Bertz CT molecular complexity index is 434. The van der Waals surface area contributed by atoms with Crippen LogP contribution in [-0.2, 0) is 4.74 Å². The summed E-state index contributed by atoms with van der Waals surface area (Å²) < 4.78 is 5.44. The average Bonchev–Trinajstić information content (AvgIpc) is 2.76. The van der Waals surface area contributed by atoms with Crippen LogP contribution in [0.3, 0.4) is 0 Å². The molecule has 1 fully saturated rings. The number of carbonyl (C=O) groups is 1. The first-order valence-electron chi connectivity index (χ1n) is 5.42. The Kier molecular flexibility index (Phi) is 3.39. The maximum absolute atomic E-state index is 10.8. The lowest BCUT2D eigenvalue weighted by atomic mass is 10.1. The van der Waals surface area contributed by atoms with Crippen molar-refractivity contribution in [2.24, 2.45) is 0 Å². The minimum absolute atomic E-state index is 0.0315. The first-order valence-corrected chi connectivity index (χ1v) is 5.42. The summed E-state index contributed by atoms with van der Waals surface area (Å²) in [5, 5.41) is 12.0. The van der Waals surface area contributed by atoms with Gasteiger partial charge in [0.1, 0.15) is 5.82 Å². The van der Waals surface area contributed by atoms with Crippen LogP contribution in [0.2, 0.25) is 0 Å². The van der Waals surface area contributed by atoms with Gasteiger partial charge in [0.25, 0.3) is 0 Å². The Morgan fingerprint density at radius 3 is 3.18 bits per heavy atom. The molecule has 0 aliphatic carbocycles. The van der Waals surface area contributed by atoms with Crippen LogP contribution in [0.25, 0.3) is 0 Å². The lowest BCUT2D eigenvalue weighted by Gasteiger charge is -2.17. The number of nitrogens with one attached hydrogen (secondary N) is 1. The summed E-state index contributed by atoms with van der Waals surface area (Å²) in [7, 11) is 0. The summed E-state index contributed by atoms with van der Waals surface area (Å²) in [5.41, 5.74) is 0.0315. The molecule has 0 bridgehead atoms. The summed E-state index contributed by atoms with van der Waals surface area (Å²) >= 11 is 0. The van der Waals surface area contributed by atoms with Crippen molar-refractivity contribution in [3.05, 3.63) is 36.5 Å². The Balaban J connectivity index is 2.10. The number of rotatable bonds is 4. The predicted octanol–water partition coefficient (Wildman–Crippen LogP) is 1.54. The molecule has 90 valence electrons. The highest BCUT2D eigenvalue weighted by Crippen LogP contribution is 2.18. The number of carboxylic acids is 1. The van der Waals surface area contributed by atoms with Gasteiger partial charge < -0.3 is 15.2 Å². The van der Waals surface area contributed by atoms with Gasteiger partial charge in [0.15, 0.2) is 5.69 Å². The van der Waals surface area contributed by atoms with E-state index in [1.54, 1.807) is 18.2 Å². The summed E-state index contributed by atoms with van der Waals surface area (Å²) in [6.07, 6.45) is 2.55. The SMILES string of the molecule is C=C[C@@H]1OCC[C@H]1Nc1cccc(C(=O)O)n1. The highest BCUT2D eigenvalue weighted by atomic mass is 16.5. The number of carboxylic acid groups (broad SMARTS) is 1. The Morgan fingerprint density at radius 1 is 1.65 bits per heavy atom. The average molecular weight is 234 g/mol. The maximum Gasteiger partial charge on any atom is 0.354 e. The Morgan fingerprint density at radius 2 is 2.47 bits per heavy atom. The maximum atomic E-state index is 10.8. The monoisotopic (exact) mass is 234 g/mol. The first-order chi connectivity index (χ1) is 8.20. The van der Waals surface area contributed by atoms with Crippen molar-refractivity contribution in [2.45, 2.75) is 18.6 Å². The fourth-order valence-corrected chi connectivity index (χ4v) is 1.82. The van der Waals surface area contributed by atoms with E-state index in [1.807, 2.05) is 0 Å². The normalized spacial score (nSPS) is 23.3. The van der Waals surface area contributed by atoms with Gasteiger partial charge in [-0.2, -0.15) is 0 Å². The van der Waals surface area contributed by atoms with Crippen molar-refractivity contribution < 1.29 is 14.6 Å². The van der Waals surface area contributed by atoms with Crippen LogP contribution >= 0.6 is 0 Å². The van der Waals surface area contributed by atoms with Crippen molar-refractivity contribution in [3.8, 4) is 0 Å². The number of ether oxygens (including phenoxy) is 1. The van der Waals surface area contributed by atoms with Crippen molar-refractivity contribution in [2.75, 3.05) is 11.9 Å². The molecule has 0 amide bonds. The van der Waals surface area contributed by atoms with Gasteiger partial charge in [-0.1, -0.05) is 12.1 Å². The van der Waals surface area contributed by atoms with Gasteiger partial charge in [-0.15, -0.1) is 6.58 Å². The number of nitrogens with zero attached hydrogens (tertiary/aromatic N) is 1. The molecule has 2 N–H and O–H groups in total. The van der Waals surface area contributed by atoms with Crippen molar-refractivity contribution in [1.82, 2.24) is 4.98 Å². The van der Waals surface area contributed by atoms with Crippen LogP contribution in [0.5, 0.6) is 0 Å². The lowest BCUT2D eigenvalue weighted by Crippen LogP contribution is -2.28. The second kappa shape index (κ2) is 4.97. The predicted molar refractivity (Wildman–Crippen MR) is 63.2 cm³/mol. The second-order valence-corrected chi connectivity index (χ2v) is 3.82. The number of aromatic carboxylic acids is 1. The van der Waals surface area contributed by atoms with Gasteiger partial charge in [-0.25, -0.2) is 9.78 Å². The third kappa shape index (κ3) is 2.62. The third-order valence-electron chi connectivity index (χ3n) is 2.67. The van der Waals surface area contributed by atoms with Gasteiger partial charge in [0.05, 0.1) is 12.1 Å². The minimum atomic E-state index is -1.03. The molecule has 17 heavy (non-hydrogen) atoms. The topological polar surface area (TPSA) is 71.5 Å². The van der Waals surface area contributed by atoms with E-state index in [4.69, 9.17) is 9.84 Å². The van der Waals surface area contributed by atoms with Gasteiger partial charge in [0.2, 0.25) is 0 Å². The second-order valence-electron chi connectivity index (χ2n) is 3.82. The van der Waals surface area contributed by atoms with Crippen LogP contribution in [0.1, 0.15) is 16.9 Å². The van der Waals surface area contributed by atoms with Crippen LogP contribution in [0.15, 0.2) is 30.9 Å². The molecule has 0 aromatic carbocycles. The molecule has 1 aromatic heterocycles. The number of hydrogen-bond acceptors (Lipinski definition) is 4. The molecule has 1 aromatic rings. The molecule has 1 aliphatic heterocycles. The fourth-order valence-electron chi connectivity index (χ4n) is 1.82. The molecule has 2 heterocycles. The number of anilines is 1. The Labute approximate surface area is 99.1 Å². The zero-order chi connectivity index (χ0) is 12.3. The molecule has 5 heteroatoms. The number of hydrogen-bond donors (Lipinski definition) is 2. The van der Waals surface area contributed by atoms with Gasteiger partial charge in [-0.3, -0.25) is 0 Å². The van der Waals surface area contributed by atoms with E-state index < -0.39 is 5.97 Å². The summed E-state index contributed by atoms with van der Waals surface area (Å²) in [6, 6.07) is 4.97. The van der Waals surface area contributed by atoms with Gasteiger partial charge >= 0.3 is 5.97 Å². The summed E-state index contributed by atoms with van der Waals surface area (Å²) in [6.45, 7) is 4.37. The highest BCUT2D eigenvalue weighted by molar-refractivity contribution is 5.85. The highest BCUT2D eigenvalue weighted by Gasteiger charge is 2.25. The summed E-state index contributed by atoms with van der Waals surface area (Å²) in [4.78, 5) is 14.8. The molecule has 0 radical (unpaired) electrons. The van der Waals surface area contributed by atoms with E-state index in [0.29, 0.717) is 12.4 Å². The van der Waals surface area contributed by atoms with Gasteiger partial charge in [-0.05, 0) is 18.6 Å². The van der Waals surface area contributed by atoms with E-state index in [1.165, 1.54) is 6.07 Å². The molecule has 1 aliphatic rings. The number of pyridine rings is 1. The molecular formula is C12H14N2O3. The largest absolute Gasteiger partial charge is 0.477 e. The van der Waals surface area contributed by atoms with Gasteiger partial charge in [0, 0.05) is 6.61 Å². The molecule has 0 unspecified atom stereocenters. The van der Waals surface area contributed by atoms with Crippen molar-refractivity contribution >= 4 is 11.8 Å². The van der Waals surface area contributed by atoms with Crippen LogP contribution in [0, 0.1) is 0 Å². The van der Waals surface area contributed by atoms with Crippen LogP contribution in [0.4, 0.5) is 5.82 Å². The quantitative estimate of drug-likeness (QED) is 0.773. The molecule has 0 saturated carbocycles. The zero-order valence-corrected chi connectivity index (χ0v) is 9.30.